The summed E-state index contributed by atoms with van der Waals surface area (Å²) in [5, 5.41) is 6.78. The van der Waals surface area contributed by atoms with E-state index in [0.29, 0.717) is 6.10 Å². The minimum atomic E-state index is 0.0177. The van der Waals surface area contributed by atoms with E-state index in [4.69, 9.17) is 4.74 Å². The first kappa shape index (κ1) is 21.7. The van der Waals surface area contributed by atoms with Gasteiger partial charge in [-0.15, -0.1) is 0 Å². The van der Waals surface area contributed by atoms with Crippen molar-refractivity contribution in [1.29, 1.82) is 0 Å². The van der Waals surface area contributed by atoms with E-state index in [9.17, 15) is 4.79 Å². The molecule has 0 spiro atoms. The molecule has 0 aromatic heterocycles. The van der Waals surface area contributed by atoms with E-state index >= 15 is 0 Å². The van der Waals surface area contributed by atoms with Crippen molar-refractivity contribution in [2.75, 3.05) is 40.3 Å². The van der Waals surface area contributed by atoms with Crippen LogP contribution in [0.4, 0.5) is 0 Å². The lowest BCUT2D eigenvalue weighted by molar-refractivity contribution is -0.127. The Morgan fingerprint density at radius 2 is 1.88 bits per heavy atom. The molecule has 1 amide bonds. The number of guanidine groups is 1. The Balaban J connectivity index is 2.35. The van der Waals surface area contributed by atoms with Gasteiger partial charge >= 0.3 is 0 Å². The predicted octanol–water partition coefficient (Wildman–Crippen LogP) is 2.40. The summed E-state index contributed by atoms with van der Waals surface area (Å²) < 4.78 is 5.56. The molecule has 0 atom stereocenters. The number of amides is 1. The Hall–Kier alpha value is -1.30. The van der Waals surface area contributed by atoms with Crippen molar-refractivity contribution in [2.45, 2.75) is 64.9 Å². The predicted molar refractivity (Wildman–Crippen MR) is 104 cm³/mol. The number of hydrogen-bond acceptors (Lipinski definition) is 3. The standard InChI is InChI=1S/C19H38N4O2/c1-16(2)25-13-9-8-12-20-19(22-15-18(24)23(3)4)21-14-17-10-6-5-7-11-17/h16-17H,5-15H2,1-4H3,(H2,20,21,22). The maximum absolute atomic E-state index is 11.8. The number of nitrogens with one attached hydrogen (secondary N) is 2. The highest BCUT2D eigenvalue weighted by molar-refractivity contribution is 5.84. The molecule has 1 saturated carbocycles. The third-order valence-electron chi connectivity index (χ3n) is 4.47. The second-order valence-corrected chi connectivity index (χ2v) is 7.39. The zero-order valence-electron chi connectivity index (χ0n) is 16.6. The van der Waals surface area contributed by atoms with Crippen LogP contribution in [0.25, 0.3) is 0 Å². The zero-order valence-corrected chi connectivity index (χ0v) is 16.6. The van der Waals surface area contributed by atoms with Crippen LogP contribution in [0.5, 0.6) is 0 Å². The van der Waals surface area contributed by atoms with E-state index in [0.717, 1.165) is 44.4 Å². The van der Waals surface area contributed by atoms with Gasteiger partial charge in [0, 0.05) is 33.8 Å². The van der Waals surface area contributed by atoms with E-state index in [1.165, 1.54) is 32.1 Å². The molecule has 146 valence electrons. The van der Waals surface area contributed by atoms with Crippen molar-refractivity contribution in [3.8, 4) is 0 Å². The van der Waals surface area contributed by atoms with Gasteiger partial charge in [-0.05, 0) is 45.4 Å². The van der Waals surface area contributed by atoms with Crippen LogP contribution >= 0.6 is 0 Å². The Kier molecular flexibility index (Phi) is 11.3. The second kappa shape index (κ2) is 13.0. The molecule has 1 rings (SSSR count). The number of ether oxygens (including phenoxy) is 1. The van der Waals surface area contributed by atoms with Gasteiger partial charge in [-0.3, -0.25) is 4.79 Å². The van der Waals surface area contributed by atoms with Gasteiger partial charge in [-0.25, -0.2) is 4.99 Å². The number of carbonyl (C=O) groups excluding carboxylic acids is 1. The monoisotopic (exact) mass is 354 g/mol. The Labute approximate surface area is 153 Å². The maximum atomic E-state index is 11.8. The molecule has 0 saturated heterocycles. The van der Waals surface area contributed by atoms with Crippen LogP contribution < -0.4 is 10.6 Å². The molecule has 25 heavy (non-hydrogen) atoms. The lowest BCUT2D eigenvalue weighted by Gasteiger charge is -2.23. The van der Waals surface area contributed by atoms with Crippen molar-refractivity contribution in [3.63, 3.8) is 0 Å². The summed E-state index contributed by atoms with van der Waals surface area (Å²) in [7, 11) is 3.52. The van der Waals surface area contributed by atoms with Gasteiger partial charge in [0.2, 0.25) is 5.91 Å². The number of unbranched alkanes of at least 4 members (excludes halogenated alkanes) is 1. The van der Waals surface area contributed by atoms with Crippen molar-refractivity contribution in [2.24, 2.45) is 10.9 Å². The SMILES string of the molecule is CC(C)OCCCCNC(=NCC(=O)N(C)C)NCC1CCCCC1. The first-order valence-electron chi connectivity index (χ1n) is 9.83. The third-order valence-corrected chi connectivity index (χ3v) is 4.47. The van der Waals surface area contributed by atoms with Crippen LogP contribution in [0, 0.1) is 5.92 Å². The van der Waals surface area contributed by atoms with E-state index in [2.05, 4.69) is 29.5 Å². The summed E-state index contributed by atoms with van der Waals surface area (Å²) in [4.78, 5) is 17.8. The van der Waals surface area contributed by atoms with Crippen molar-refractivity contribution < 1.29 is 9.53 Å². The molecule has 6 heteroatoms. The first-order valence-corrected chi connectivity index (χ1v) is 9.83. The van der Waals surface area contributed by atoms with Crippen LogP contribution in [-0.2, 0) is 9.53 Å². The van der Waals surface area contributed by atoms with Crippen molar-refractivity contribution in [3.05, 3.63) is 0 Å². The van der Waals surface area contributed by atoms with Gasteiger partial charge in [0.05, 0.1) is 6.10 Å². The van der Waals surface area contributed by atoms with E-state index in [1.54, 1.807) is 19.0 Å². The molecule has 0 aromatic carbocycles. The molecular formula is C19H38N4O2. The van der Waals surface area contributed by atoms with Crippen molar-refractivity contribution in [1.82, 2.24) is 15.5 Å². The molecule has 0 radical (unpaired) electrons. The Morgan fingerprint density at radius 1 is 1.16 bits per heavy atom. The smallest absolute Gasteiger partial charge is 0.243 e. The summed E-state index contributed by atoms with van der Waals surface area (Å²) in [6.07, 6.45) is 8.97. The van der Waals surface area contributed by atoms with Gasteiger partial charge in [0.15, 0.2) is 5.96 Å². The topological polar surface area (TPSA) is 66.0 Å². The molecule has 0 bridgehead atoms. The second-order valence-electron chi connectivity index (χ2n) is 7.39. The molecule has 2 N–H and O–H groups in total. The fourth-order valence-electron chi connectivity index (χ4n) is 2.85. The fourth-order valence-corrected chi connectivity index (χ4v) is 2.85. The number of hydrogen-bond donors (Lipinski definition) is 2. The van der Waals surface area contributed by atoms with Crippen LogP contribution in [-0.4, -0.2) is 63.2 Å². The highest BCUT2D eigenvalue weighted by atomic mass is 16.5. The zero-order chi connectivity index (χ0) is 18.5. The van der Waals surface area contributed by atoms with Gasteiger partial charge in [0.25, 0.3) is 0 Å². The summed E-state index contributed by atoms with van der Waals surface area (Å²) in [5.74, 6) is 1.50. The van der Waals surface area contributed by atoms with Crippen molar-refractivity contribution >= 4 is 11.9 Å². The van der Waals surface area contributed by atoms with Gasteiger partial charge in [-0.2, -0.15) is 0 Å². The minimum absolute atomic E-state index is 0.0177. The number of likely N-dealkylation sites (N-methyl/N-ethyl adjacent to an activating group) is 1. The lowest BCUT2D eigenvalue weighted by atomic mass is 9.89. The van der Waals surface area contributed by atoms with Crippen LogP contribution in [0.15, 0.2) is 4.99 Å². The number of carbonyl (C=O) groups is 1. The van der Waals surface area contributed by atoms with Gasteiger partial charge in [0.1, 0.15) is 6.54 Å². The number of nitrogens with zero attached hydrogens (tertiary/aromatic N) is 2. The molecule has 0 unspecified atom stereocenters. The molecular weight excluding hydrogens is 316 g/mol. The molecule has 0 heterocycles. The van der Waals surface area contributed by atoms with Crippen LogP contribution in [0.1, 0.15) is 58.8 Å². The van der Waals surface area contributed by atoms with E-state index in [-0.39, 0.29) is 12.5 Å². The first-order chi connectivity index (χ1) is 12.0. The highest BCUT2D eigenvalue weighted by Crippen LogP contribution is 2.22. The molecule has 0 aliphatic heterocycles. The molecule has 6 nitrogen and oxygen atoms in total. The Morgan fingerprint density at radius 3 is 2.52 bits per heavy atom. The minimum Gasteiger partial charge on any atom is -0.379 e. The average molecular weight is 355 g/mol. The van der Waals surface area contributed by atoms with Crippen LogP contribution in [0.2, 0.25) is 0 Å². The third kappa shape index (κ3) is 11.0. The fraction of sp³-hybridized carbons (Fsp3) is 0.895. The molecule has 1 fully saturated rings. The quantitative estimate of drug-likeness (QED) is 0.359. The normalized spacial score (nSPS) is 16.1. The molecule has 1 aliphatic rings. The van der Waals surface area contributed by atoms with Crippen LogP contribution in [0.3, 0.4) is 0 Å². The number of rotatable bonds is 10. The summed E-state index contributed by atoms with van der Waals surface area (Å²) >= 11 is 0. The maximum Gasteiger partial charge on any atom is 0.243 e. The van der Waals surface area contributed by atoms with E-state index < -0.39 is 0 Å². The van der Waals surface area contributed by atoms with E-state index in [1.807, 2.05) is 0 Å². The largest absolute Gasteiger partial charge is 0.379 e. The Bertz CT molecular complexity index is 391. The molecule has 0 aromatic rings. The van der Waals surface area contributed by atoms with Gasteiger partial charge < -0.3 is 20.3 Å². The number of aliphatic imine (C=N–C) groups is 1. The summed E-state index contributed by atoms with van der Waals surface area (Å²) in [5.41, 5.74) is 0. The van der Waals surface area contributed by atoms with Gasteiger partial charge in [-0.1, -0.05) is 19.3 Å². The summed E-state index contributed by atoms with van der Waals surface area (Å²) in [6.45, 7) is 6.87. The molecule has 1 aliphatic carbocycles. The average Bonchev–Trinajstić information content (AvgIpc) is 2.59. The summed E-state index contributed by atoms with van der Waals surface area (Å²) in [6, 6.07) is 0. The highest BCUT2D eigenvalue weighted by Gasteiger charge is 2.14. The lowest BCUT2D eigenvalue weighted by Crippen LogP contribution is -2.41.